The lowest BCUT2D eigenvalue weighted by atomic mass is 9.89. The van der Waals surface area contributed by atoms with Gasteiger partial charge in [-0.2, -0.15) is 0 Å². The van der Waals surface area contributed by atoms with E-state index in [1.54, 1.807) is 12.1 Å². The maximum absolute atomic E-state index is 14.3. The van der Waals surface area contributed by atoms with E-state index in [1.165, 1.54) is 6.07 Å². The molecule has 0 amide bonds. The molecule has 3 nitrogen and oxygen atoms in total. The molecule has 1 saturated heterocycles. The number of nitrogens with one attached hydrogen (secondary N) is 1. The summed E-state index contributed by atoms with van der Waals surface area (Å²) in [5.41, 5.74) is 0.714. The van der Waals surface area contributed by atoms with Crippen LogP contribution in [0.2, 0.25) is 0 Å². The van der Waals surface area contributed by atoms with Crippen molar-refractivity contribution in [1.29, 1.82) is 0 Å². The van der Waals surface area contributed by atoms with E-state index in [9.17, 15) is 9.50 Å². The molecule has 21 heavy (non-hydrogen) atoms. The summed E-state index contributed by atoms with van der Waals surface area (Å²) in [4.78, 5) is 2.37. The van der Waals surface area contributed by atoms with Gasteiger partial charge in [0.05, 0.1) is 0 Å². The first-order chi connectivity index (χ1) is 9.63. The number of phenols is 1. The molecule has 1 aliphatic rings. The monoisotopic (exact) mass is 316 g/mol. The molecular weight excluding hydrogens is 291 g/mol. The SMILES string of the molecule is CCCC(C)[C@@H](c1ccc(O)cc1F)N1CCNCC1.Cl. The largest absolute Gasteiger partial charge is 0.508 e. The lowest BCUT2D eigenvalue weighted by Gasteiger charge is -2.38. The minimum absolute atomic E-state index is 0. The lowest BCUT2D eigenvalue weighted by Crippen LogP contribution is -2.46. The number of rotatable bonds is 5. The average Bonchev–Trinajstić information content (AvgIpc) is 2.43. The van der Waals surface area contributed by atoms with Gasteiger partial charge in [0.25, 0.3) is 0 Å². The van der Waals surface area contributed by atoms with Gasteiger partial charge in [-0.25, -0.2) is 4.39 Å². The van der Waals surface area contributed by atoms with Crippen LogP contribution >= 0.6 is 12.4 Å². The maximum atomic E-state index is 14.3. The second-order valence-corrected chi connectivity index (χ2v) is 5.70. The van der Waals surface area contributed by atoms with E-state index >= 15 is 0 Å². The molecule has 1 unspecified atom stereocenters. The zero-order chi connectivity index (χ0) is 14.5. The lowest BCUT2D eigenvalue weighted by molar-refractivity contribution is 0.123. The molecule has 0 bridgehead atoms. The molecule has 1 aromatic rings. The topological polar surface area (TPSA) is 35.5 Å². The van der Waals surface area contributed by atoms with E-state index in [0.717, 1.165) is 39.0 Å². The summed E-state index contributed by atoms with van der Waals surface area (Å²) >= 11 is 0. The summed E-state index contributed by atoms with van der Waals surface area (Å²) < 4.78 is 14.3. The van der Waals surface area contributed by atoms with E-state index in [2.05, 4.69) is 24.1 Å². The van der Waals surface area contributed by atoms with Gasteiger partial charge in [0, 0.05) is 43.9 Å². The second kappa shape index (κ2) is 8.57. The molecule has 2 N–H and O–H groups in total. The van der Waals surface area contributed by atoms with Crippen LogP contribution in [-0.4, -0.2) is 36.2 Å². The molecule has 1 aromatic carbocycles. The van der Waals surface area contributed by atoms with Crippen LogP contribution < -0.4 is 5.32 Å². The van der Waals surface area contributed by atoms with Crippen molar-refractivity contribution in [2.24, 2.45) is 5.92 Å². The highest BCUT2D eigenvalue weighted by Gasteiger charge is 2.29. The first-order valence-corrected chi connectivity index (χ1v) is 7.56. The fraction of sp³-hybridized carbons (Fsp3) is 0.625. The van der Waals surface area contributed by atoms with Crippen LogP contribution in [0.3, 0.4) is 0 Å². The number of benzene rings is 1. The quantitative estimate of drug-likeness (QED) is 0.874. The predicted molar refractivity (Wildman–Crippen MR) is 86.6 cm³/mol. The van der Waals surface area contributed by atoms with E-state index in [1.807, 2.05) is 0 Å². The molecular formula is C16H26ClFN2O. The Bertz CT molecular complexity index is 438. The molecule has 0 aliphatic carbocycles. The maximum Gasteiger partial charge on any atom is 0.131 e. The second-order valence-electron chi connectivity index (χ2n) is 5.70. The highest BCUT2D eigenvalue weighted by Crippen LogP contribution is 2.34. The summed E-state index contributed by atoms with van der Waals surface area (Å²) in [7, 11) is 0. The Labute approximate surface area is 132 Å². The molecule has 120 valence electrons. The van der Waals surface area contributed by atoms with Gasteiger partial charge in [-0.15, -0.1) is 12.4 Å². The van der Waals surface area contributed by atoms with Crippen molar-refractivity contribution in [3.8, 4) is 5.75 Å². The molecule has 0 spiro atoms. The third kappa shape index (κ3) is 4.56. The van der Waals surface area contributed by atoms with Crippen LogP contribution in [-0.2, 0) is 0 Å². The smallest absolute Gasteiger partial charge is 0.131 e. The first kappa shape index (κ1) is 18.2. The van der Waals surface area contributed by atoms with Crippen LogP contribution in [0.1, 0.15) is 38.3 Å². The van der Waals surface area contributed by atoms with Gasteiger partial charge in [0.1, 0.15) is 11.6 Å². The molecule has 2 atom stereocenters. The van der Waals surface area contributed by atoms with Crippen molar-refractivity contribution in [1.82, 2.24) is 10.2 Å². The number of phenolic OH excluding ortho intramolecular Hbond substituents is 1. The van der Waals surface area contributed by atoms with E-state index < -0.39 is 0 Å². The molecule has 5 heteroatoms. The molecule has 1 aliphatic heterocycles. The van der Waals surface area contributed by atoms with E-state index in [0.29, 0.717) is 11.5 Å². The Morgan fingerprint density at radius 2 is 2.00 bits per heavy atom. The van der Waals surface area contributed by atoms with Crippen molar-refractivity contribution in [2.45, 2.75) is 32.7 Å². The third-order valence-corrected chi connectivity index (χ3v) is 4.13. The van der Waals surface area contributed by atoms with Crippen LogP contribution in [0.15, 0.2) is 18.2 Å². The Kier molecular flexibility index (Phi) is 7.43. The Balaban J connectivity index is 0.00000220. The fourth-order valence-corrected chi connectivity index (χ4v) is 3.19. The summed E-state index contributed by atoms with van der Waals surface area (Å²) in [5, 5.41) is 12.7. The molecule has 0 radical (unpaired) electrons. The predicted octanol–water partition coefficient (Wildman–Crippen LogP) is 3.34. The van der Waals surface area contributed by atoms with Crippen LogP contribution in [0, 0.1) is 11.7 Å². The van der Waals surface area contributed by atoms with Crippen molar-refractivity contribution < 1.29 is 9.50 Å². The highest BCUT2D eigenvalue weighted by molar-refractivity contribution is 5.85. The Hall–Kier alpha value is -0.840. The number of aromatic hydroxyl groups is 1. The average molecular weight is 317 g/mol. The van der Waals surface area contributed by atoms with Crippen molar-refractivity contribution >= 4 is 12.4 Å². The van der Waals surface area contributed by atoms with Crippen molar-refractivity contribution in [2.75, 3.05) is 26.2 Å². The number of hydrogen-bond donors (Lipinski definition) is 2. The summed E-state index contributed by atoms with van der Waals surface area (Å²) in [6.07, 6.45) is 2.18. The highest BCUT2D eigenvalue weighted by atomic mass is 35.5. The Morgan fingerprint density at radius 1 is 1.33 bits per heavy atom. The van der Waals surface area contributed by atoms with Gasteiger partial charge in [-0.1, -0.05) is 26.3 Å². The minimum Gasteiger partial charge on any atom is -0.508 e. The van der Waals surface area contributed by atoms with Crippen molar-refractivity contribution in [3.05, 3.63) is 29.6 Å². The fourth-order valence-electron chi connectivity index (χ4n) is 3.19. The van der Waals surface area contributed by atoms with Crippen molar-refractivity contribution in [3.63, 3.8) is 0 Å². The number of piperazine rings is 1. The summed E-state index contributed by atoms with van der Waals surface area (Å²) in [5.74, 6) is 0.0992. The van der Waals surface area contributed by atoms with E-state index in [4.69, 9.17) is 0 Å². The van der Waals surface area contributed by atoms with Crippen LogP contribution in [0.25, 0.3) is 0 Å². The standard InChI is InChI=1S/C16H25FN2O.ClH/c1-3-4-12(2)16(19-9-7-18-8-10-19)14-6-5-13(20)11-15(14)17;/h5-6,11-12,16,18,20H,3-4,7-10H2,1-2H3;1H/t12?,16-;/m0./s1. The number of hydrogen-bond acceptors (Lipinski definition) is 3. The number of nitrogens with zero attached hydrogens (tertiary/aromatic N) is 1. The zero-order valence-electron chi connectivity index (χ0n) is 12.8. The first-order valence-electron chi connectivity index (χ1n) is 7.56. The third-order valence-electron chi connectivity index (χ3n) is 4.13. The summed E-state index contributed by atoms with van der Waals surface area (Å²) in [6.45, 7) is 8.16. The zero-order valence-corrected chi connectivity index (χ0v) is 13.6. The minimum atomic E-state index is -0.295. The number of halogens is 2. The Morgan fingerprint density at radius 3 is 2.57 bits per heavy atom. The normalized spacial score (nSPS) is 18.8. The molecule has 0 saturated carbocycles. The molecule has 1 fully saturated rings. The molecule has 0 aromatic heterocycles. The molecule has 2 rings (SSSR count). The van der Waals surface area contributed by atoms with Crippen LogP contribution in [0.4, 0.5) is 4.39 Å². The van der Waals surface area contributed by atoms with Gasteiger partial charge in [0.15, 0.2) is 0 Å². The van der Waals surface area contributed by atoms with Gasteiger partial charge >= 0.3 is 0 Å². The van der Waals surface area contributed by atoms with Gasteiger partial charge in [0.2, 0.25) is 0 Å². The van der Waals surface area contributed by atoms with Gasteiger partial charge in [-0.3, -0.25) is 4.90 Å². The van der Waals surface area contributed by atoms with Gasteiger partial charge < -0.3 is 10.4 Å². The molecule has 1 heterocycles. The van der Waals surface area contributed by atoms with E-state index in [-0.39, 0.29) is 30.0 Å². The van der Waals surface area contributed by atoms with Gasteiger partial charge in [-0.05, 0) is 18.4 Å². The summed E-state index contributed by atoms with van der Waals surface area (Å²) in [6, 6.07) is 4.65. The van der Waals surface area contributed by atoms with Crippen LogP contribution in [0.5, 0.6) is 5.75 Å².